The van der Waals surface area contributed by atoms with Crippen LogP contribution in [-0.2, 0) is 14.3 Å². The smallest absolute Gasteiger partial charge is 0.305 e. The fourth-order valence-corrected chi connectivity index (χ4v) is 9.99. The van der Waals surface area contributed by atoms with Gasteiger partial charge in [-0.3, -0.25) is 9.59 Å². The first-order valence-electron chi connectivity index (χ1n) is 31.4. The molecule has 2 unspecified atom stereocenters. The molecule has 6 heteroatoms. The lowest BCUT2D eigenvalue weighted by atomic mass is 10.0. The van der Waals surface area contributed by atoms with Gasteiger partial charge in [0.2, 0.25) is 5.91 Å². The molecule has 2 atom stereocenters. The van der Waals surface area contributed by atoms with Crippen LogP contribution < -0.4 is 5.32 Å². The molecule has 410 valence electrons. The van der Waals surface area contributed by atoms with Gasteiger partial charge in [0.25, 0.3) is 0 Å². The molecule has 6 nitrogen and oxygen atoms in total. The normalized spacial score (nSPS) is 12.6. The molecule has 0 aromatic rings. The first kappa shape index (κ1) is 67.6. The topological polar surface area (TPSA) is 95.9 Å². The van der Waals surface area contributed by atoms with E-state index < -0.39 is 12.1 Å². The summed E-state index contributed by atoms with van der Waals surface area (Å²) in [6.07, 6.45) is 70.8. The predicted octanol–water partition coefficient (Wildman–Crippen LogP) is 19.6. The molecule has 1 amide bonds. The van der Waals surface area contributed by atoms with Crippen molar-refractivity contribution in [1.82, 2.24) is 5.32 Å². The van der Waals surface area contributed by atoms with Crippen molar-refractivity contribution in [3.63, 3.8) is 0 Å². The van der Waals surface area contributed by atoms with Crippen molar-refractivity contribution in [2.75, 3.05) is 13.2 Å². The highest BCUT2D eigenvalue weighted by Crippen LogP contribution is 2.18. The zero-order valence-corrected chi connectivity index (χ0v) is 46.8. The average Bonchev–Trinajstić information content (AvgIpc) is 3.35. The maximum absolute atomic E-state index is 12.5. The number of esters is 1. The molecule has 0 radical (unpaired) electrons. The third kappa shape index (κ3) is 55.8. The van der Waals surface area contributed by atoms with Crippen LogP contribution in [0.3, 0.4) is 0 Å². The number of aliphatic hydroxyl groups excluding tert-OH is 2. The third-order valence-electron chi connectivity index (χ3n) is 14.8. The maximum Gasteiger partial charge on any atom is 0.305 e. The summed E-state index contributed by atoms with van der Waals surface area (Å²) in [6, 6.07) is -0.547. The van der Waals surface area contributed by atoms with Gasteiger partial charge in [0.1, 0.15) is 0 Å². The summed E-state index contributed by atoms with van der Waals surface area (Å²) in [7, 11) is 0. The number of carbonyl (C=O) groups is 2. The number of carbonyl (C=O) groups excluding carboxylic acids is 2. The van der Waals surface area contributed by atoms with Gasteiger partial charge in [-0.25, -0.2) is 0 Å². The van der Waals surface area contributed by atoms with E-state index in [1.807, 2.05) is 0 Å². The molecule has 0 aliphatic carbocycles. The molecule has 0 rings (SSSR count). The maximum atomic E-state index is 12.5. The second kappa shape index (κ2) is 59.2. The van der Waals surface area contributed by atoms with E-state index in [4.69, 9.17) is 4.74 Å². The minimum Gasteiger partial charge on any atom is -0.466 e. The van der Waals surface area contributed by atoms with Crippen LogP contribution in [0.2, 0.25) is 0 Å². The van der Waals surface area contributed by atoms with E-state index in [1.54, 1.807) is 0 Å². The Bertz CT molecular complexity index is 1030. The SMILES string of the molecule is CCCCCCCCCCCCCCCCCCCCC(O)C(CO)NC(=O)CCCCCCCCC/C=C\CCCCCCCCCCCCOC(=O)CCCCCCCCCCCCCCC. The van der Waals surface area contributed by atoms with Crippen LogP contribution >= 0.6 is 0 Å². The Kier molecular flexibility index (Phi) is 58.0. The summed E-state index contributed by atoms with van der Waals surface area (Å²) in [4.78, 5) is 24.5. The number of aliphatic hydroxyl groups is 2. The fraction of sp³-hybridized carbons (Fsp3) is 0.937. The van der Waals surface area contributed by atoms with Crippen LogP contribution in [0.4, 0.5) is 0 Å². The molecule has 0 saturated heterocycles. The third-order valence-corrected chi connectivity index (χ3v) is 14.8. The highest BCUT2D eigenvalue weighted by Gasteiger charge is 2.20. The van der Waals surface area contributed by atoms with Gasteiger partial charge in [0.15, 0.2) is 0 Å². The van der Waals surface area contributed by atoms with Gasteiger partial charge in [-0.1, -0.05) is 302 Å². The van der Waals surface area contributed by atoms with Crippen LogP contribution in [-0.4, -0.2) is 47.4 Å². The number of ether oxygens (including phenoxy) is 1. The van der Waals surface area contributed by atoms with Gasteiger partial charge in [0.05, 0.1) is 25.4 Å². The molecular formula is C63H123NO5. The monoisotopic (exact) mass is 974 g/mol. The Morgan fingerprint density at radius 1 is 0.391 bits per heavy atom. The van der Waals surface area contributed by atoms with Crippen LogP contribution in [0.1, 0.15) is 354 Å². The standard InChI is InChI=1S/C63H123NO5/c1-3-5-7-9-11-13-15-17-18-19-25-28-32-35-39-43-47-51-55-61(66)60(59-65)64-62(67)56-52-48-44-40-36-33-29-26-23-21-20-22-24-27-30-34-38-42-46-50-54-58-69-63(68)57-53-49-45-41-37-31-16-14-12-10-8-6-4-2/h21,23,60-61,65-66H,3-20,22,24-59H2,1-2H3,(H,64,67)/b23-21-. The molecule has 0 bridgehead atoms. The quantitative estimate of drug-likeness (QED) is 0.0321. The van der Waals surface area contributed by atoms with Gasteiger partial charge in [-0.2, -0.15) is 0 Å². The Labute approximate surface area is 431 Å². The van der Waals surface area contributed by atoms with Crippen molar-refractivity contribution >= 4 is 11.9 Å². The van der Waals surface area contributed by atoms with E-state index in [0.29, 0.717) is 25.9 Å². The lowest BCUT2D eigenvalue weighted by Crippen LogP contribution is -2.45. The summed E-state index contributed by atoms with van der Waals surface area (Å²) in [6.45, 7) is 4.98. The molecule has 3 N–H and O–H groups in total. The lowest BCUT2D eigenvalue weighted by molar-refractivity contribution is -0.143. The van der Waals surface area contributed by atoms with Gasteiger partial charge in [0, 0.05) is 12.8 Å². The number of nitrogens with one attached hydrogen (secondary N) is 1. The van der Waals surface area contributed by atoms with Gasteiger partial charge in [-0.15, -0.1) is 0 Å². The van der Waals surface area contributed by atoms with E-state index in [9.17, 15) is 19.8 Å². The number of hydrogen-bond acceptors (Lipinski definition) is 5. The molecule has 0 aliphatic heterocycles. The molecule has 0 saturated carbocycles. The summed E-state index contributed by atoms with van der Waals surface area (Å²) >= 11 is 0. The summed E-state index contributed by atoms with van der Waals surface area (Å²) in [5.41, 5.74) is 0. The van der Waals surface area contributed by atoms with Crippen molar-refractivity contribution in [3.05, 3.63) is 12.2 Å². The molecule has 0 fully saturated rings. The number of unbranched alkanes of at least 4 members (excludes halogenated alkanes) is 46. The Morgan fingerprint density at radius 2 is 0.681 bits per heavy atom. The molecule has 69 heavy (non-hydrogen) atoms. The fourth-order valence-electron chi connectivity index (χ4n) is 9.99. The van der Waals surface area contributed by atoms with Crippen molar-refractivity contribution in [2.45, 2.75) is 366 Å². The highest BCUT2D eigenvalue weighted by atomic mass is 16.5. The molecule has 0 aliphatic rings. The van der Waals surface area contributed by atoms with Crippen molar-refractivity contribution in [1.29, 1.82) is 0 Å². The van der Waals surface area contributed by atoms with Gasteiger partial charge >= 0.3 is 5.97 Å². The van der Waals surface area contributed by atoms with Crippen molar-refractivity contribution < 1.29 is 24.5 Å². The van der Waals surface area contributed by atoms with Gasteiger partial charge < -0.3 is 20.3 Å². The van der Waals surface area contributed by atoms with E-state index in [1.165, 1.54) is 283 Å². The number of rotatable bonds is 59. The highest BCUT2D eigenvalue weighted by molar-refractivity contribution is 5.76. The summed E-state index contributed by atoms with van der Waals surface area (Å²) < 4.78 is 5.48. The minimum atomic E-state index is -0.669. The molecule has 0 aromatic heterocycles. The second-order valence-corrected chi connectivity index (χ2v) is 21.7. The van der Waals surface area contributed by atoms with E-state index in [2.05, 4.69) is 31.3 Å². The van der Waals surface area contributed by atoms with Crippen molar-refractivity contribution in [3.8, 4) is 0 Å². The van der Waals surface area contributed by atoms with E-state index >= 15 is 0 Å². The Hall–Kier alpha value is -1.40. The van der Waals surface area contributed by atoms with Crippen LogP contribution in [0.5, 0.6) is 0 Å². The molecule has 0 aromatic carbocycles. The summed E-state index contributed by atoms with van der Waals surface area (Å²) in [5.74, 6) is -0.0288. The summed E-state index contributed by atoms with van der Waals surface area (Å²) in [5, 5.41) is 23.3. The zero-order valence-electron chi connectivity index (χ0n) is 46.8. The number of hydrogen-bond donors (Lipinski definition) is 3. The Morgan fingerprint density at radius 3 is 1.03 bits per heavy atom. The Balaban J connectivity index is 3.42. The van der Waals surface area contributed by atoms with Crippen molar-refractivity contribution in [2.24, 2.45) is 0 Å². The minimum absolute atomic E-state index is 0.0106. The predicted molar refractivity (Wildman–Crippen MR) is 301 cm³/mol. The molecule has 0 spiro atoms. The number of amides is 1. The average molecular weight is 975 g/mol. The van der Waals surface area contributed by atoms with E-state index in [0.717, 1.165) is 38.5 Å². The van der Waals surface area contributed by atoms with Gasteiger partial charge in [-0.05, 0) is 51.4 Å². The zero-order chi connectivity index (χ0) is 50.0. The van der Waals surface area contributed by atoms with E-state index in [-0.39, 0.29) is 18.5 Å². The van der Waals surface area contributed by atoms with Crippen LogP contribution in [0, 0.1) is 0 Å². The molecule has 0 heterocycles. The van der Waals surface area contributed by atoms with Crippen LogP contribution in [0.15, 0.2) is 12.2 Å². The number of allylic oxidation sites excluding steroid dienone is 2. The second-order valence-electron chi connectivity index (χ2n) is 21.7. The first-order chi connectivity index (χ1) is 34.0. The molecular weight excluding hydrogens is 851 g/mol. The van der Waals surface area contributed by atoms with Crippen LogP contribution in [0.25, 0.3) is 0 Å². The first-order valence-corrected chi connectivity index (χ1v) is 31.4. The lowest BCUT2D eigenvalue weighted by Gasteiger charge is -2.22. The largest absolute Gasteiger partial charge is 0.466 e.